The van der Waals surface area contributed by atoms with E-state index < -0.39 is 0 Å². The van der Waals surface area contributed by atoms with E-state index in [9.17, 15) is 4.79 Å². The van der Waals surface area contributed by atoms with Gasteiger partial charge in [-0.3, -0.25) is 14.6 Å². The summed E-state index contributed by atoms with van der Waals surface area (Å²) < 4.78 is 6.59. The average molecular weight is 559 g/mol. The number of benzene rings is 2. The van der Waals surface area contributed by atoms with Gasteiger partial charge in [0.05, 0.1) is 23.4 Å². The minimum Gasteiger partial charge on any atom is -0.379 e. The predicted octanol–water partition coefficient (Wildman–Crippen LogP) is 6.33. The number of fused-ring (bicyclic) bond motifs is 1. The number of nitrogens with zero attached hydrogens (tertiary/aromatic N) is 3. The maximum Gasteiger partial charge on any atom is 0.228 e. The number of thiazole rings is 1. The number of halogens is 2. The number of carbonyl (C=O) groups excluding carboxylic acids is 1. The quantitative estimate of drug-likeness (QED) is 0.214. The molecular formula is C24H29Cl2N3O2S3. The zero-order chi connectivity index (χ0) is 23.0. The van der Waals surface area contributed by atoms with Gasteiger partial charge in [-0.05, 0) is 60.9 Å². The maximum absolute atomic E-state index is 13.3. The van der Waals surface area contributed by atoms with Crippen LogP contribution in [0.3, 0.4) is 0 Å². The Hall–Kier alpha value is -1.000. The first-order valence-electron chi connectivity index (χ1n) is 11.1. The smallest absolute Gasteiger partial charge is 0.228 e. The topological polar surface area (TPSA) is 45.7 Å². The Morgan fingerprint density at radius 2 is 1.91 bits per heavy atom. The van der Waals surface area contributed by atoms with E-state index in [1.807, 2.05) is 29.2 Å². The van der Waals surface area contributed by atoms with E-state index in [2.05, 4.69) is 29.4 Å². The zero-order valence-electron chi connectivity index (χ0n) is 19.1. The number of thioether (sulfide) groups is 2. The second-order valence-corrected chi connectivity index (χ2v) is 11.2. The molecular weight excluding hydrogens is 529 g/mol. The van der Waals surface area contributed by atoms with E-state index >= 15 is 0 Å². The summed E-state index contributed by atoms with van der Waals surface area (Å²) in [7, 11) is 0. The van der Waals surface area contributed by atoms with Crippen molar-refractivity contribution in [2.24, 2.45) is 0 Å². The summed E-state index contributed by atoms with van der Waals surface area (Å²) in [6, 6.07) is 14.1. The standard InChI is InChI=1S/C24H28ClN3O2S3.ClH/c1-31-20-8-9-21-22(17-20)33-24(26-21)28(11-10-27-12-14-30-15-13-27)23(29)3-2-16-32-19-6-4-18(25)5-7-19;/h4-9,17H,2-3,10-16H2,1H3;1H. The van der Waals surface area contributed by atoms with Gasteiger partial charge in [0.25, 0.3) is 0 Å². The summed E-state index contributed by atoms with van der Waals surface area (Å²) in [5.74, 6) is 1.03. The number of morpholine rings is 1. The van der Waals surface area contributed by atoms with Crippen molar-refractivity contribution >= 4 is 80.1 Å². The lowest BCUT2D eigenvalue weighted by Crippen LogP contribution is -2.43. The van der Waals surface area contributed by atoms with Crippen molar-refractivity contribution in [3.63, 3.8) is 0 Å². The Morgan fingerprint density at radius 1 is 1.18 bits per heavy atom. The highest BCUT2D eigenvalue weighted by molar-refractivity contribution is 7.99. The van der Waals surface area contributed by atoms with Crippen LogP contribution in [0.15, 0.2) is 52.3 Å². The van der Waals surface area contributed by atoms with Crippen LogP contribution in [0.5, 0.6) is 0 Å². The van der Waals surface area contributed by atoms with Gasteiger partial charge >= 0.3 is 0 Å². The second kappa shape index (κ2) is 13.9. The number of ether oxygens (including phenoxy) is 1. The van der Waals surface area contributed by atoms with Crippen LogP contribution in [-0.4, -0.2) is 67.2 Å². The Morgan fingerprint density at radius 3 is 2.65 bits per heavy atom. The fourth-order valence-electron chi connectivity index (χ4n) is 3.61. The number of aromatic nitrogens is 1. The lowest BCUT2D eigenvalue weighted by atomic mass is 10.3. The molecule has 1 aromatic heterocycles. The third-order valence-corrected chi connectivity index (χ3v) is 8.59. The van der Waals surface area contributed by atoms with Crippen molar-refractivity contribution in [2.45, 2.75) is 22.6 Å². The Bertz CT molecular complexity index is 1060. The summed E-state index contributed by atoms with van der Waals surface area (Å²) in [5, 5.41) is 1.54. The molecule has 0 aliphatic carbocycles. The van der Waals surface area contributed by atoms with Gasteiger partial charge in [-0.15, -0.1) is 35.9 Å². The molecule has 10 heteroatoms. The first kappa shape index (κ1) is 27.6. The lowest BCUT2D eigenvalue weighted by Gasteiger charge is -2.29. The Kier molecular flexibility index (Phi) is 11.3. The highest BCUT2D eigenvalue weighted by Crippen LogP contribution is 2.32. The van der Waals surface area contributed by atoms with Crippen LogP contribution < -0.4 is 4.90 Å². The molecule has 2 aromatic carbocycles. The first-order valence-corrected chi connectivity index (χ1v) is 14.5. The number of rotatable bonds is 10. The Balaban J connectivity index is 0.00000324. The normalized spacial score (nSPS) is 14.2. The largest absolute Gasteiger partial charge is 0.379 e. The molecule has 0 saturated carbocycles. The highest BCUT2D eigenvalue weighted by Gasteiger charge is 2.21. The number of anilines is 1. The van der Waals surface area contributed by atoms with E-state index in [1.165, 1.54) is 9.79 Å². The molecule has 0 spiro atoms. The SMILES string of the molecule is CSc1ccc2nc(N(CCN3CCOCC3)C(=O)CCCSc3ccc(Cl)cc3)sc2c1.Cl. The monoisotopic (exact) mass is 557 g/mol. The Labute approximate surface area is 225 Å². The van der Waals surface area contributed by atoms with Crippen LogP contribution >= 0.6 is 58.9 Å². The van der Waals surface area contributed by atoms with Crippen LogP contribution in [0, 0.1) is 0 Å². The van der Waals surface area contributed by atoms with Gasteiger partial charge in [-0.1, -0.05) is 22.9 Å². The van der Waals surface area contributed by atoms with Crippen molar-refractivity contribution in [3.8, 4) is 0 Å². The zero-order valence-corrected chi connectivity index (χ0v) is 23.1. The molecule has 2 heterocycles. The summed E-state index contributed by atoms with van der Waals surface area (Å²) in [5.41, 5.74) is 0.954. The number of hydrogen-bond acceptors (Lipinski definition) is 7. The molecule has 0 atom stereocenters. The van der Waals surface area contributed by atoms with Crippen molar-refractivity contribution in [3.05, 3.63) is 47.5 Å². The van der Waals surface area contributed by atoms with Crippen LogP contribution in [-0.2, 0) is 9.53 Å². The molecule has 184 valence electrons. The van der Waals surface area contributed by atoms with Gasteiger partial charge in [-0.2, -0.15) is 0 Å². The van der Waals surface area contributed by atoms with E-state index in [1.54, 1.807) is 34.9 Å². The van der Waals surface area contributed by atoms with Gasteiger partial charge in [0, 0.05) is 47.4 Å². The number of hydrogen-bond donors (Lipinski definition) is 0. The van der Waals surface area contributed by atoms with Gasteiger partial charge in [0.15, 0.2) is 5.13 Å². The maximum atomic E-state index is 13.3. The number of carbonyl (C=O) groups is 1. The molecule has 34 heavy (non-hydrogen) atoms. The highest BCUT2D eigenvalue weighted by atomic mass is 35.5. The molecule has 1 fully saturated rings. The van der Waals surface area contributed by atoms with Crippen LogP contribution in [0.4, 0.5) is 5.13 Å². The minimum absolute atomic E-state index is 0. The predicted molar refractivity (Wildman–Crippen MR) is 150 cm³/mol. The van der Waals surface area contributed by atoms with Crippen molar-refractivity contribution < 1.29 is 9.53 Å². The molecule has 1 aliphatic heterocycles. The van der Waals surface area contributed by atoms with Crippen LogP contribution in [0.25, 0.3) is 10.2 Å². The van der Waals surface area contributed by atoms with Gasteiger partial charge in [0.1, 0.15) is 0 Å². The van der Waals surface area contributed by atoms with Crippen LogP contribution in [0.1, 0.15) is 12.8 Å². The van der Waals surface area contributed by atoms with E-state index in [4.69, 9.17) is 21.3 Å². The van der Waals surface area contributed by atoms with Crippen molar-refractivity contribution in [2.75, 3.05) is 56.3 Å². The first-order chi connectivity index (χ1) is 16.1. The van der Waals surface area contributed by atoms with Crippen LogP contribution in [0.2, 0.25) is 5.02 Å². The molecule has 0 unspecified atom stereocenters. The molecule has 1 amide bonds. The molecule has 0 radical (unpaired) electrons. The molecule has 1 saturated heterocycles. The summed E-state index contributed by atoms with van der Waals surface area (Å²) in [6.07, 6.45) is 3.40. The van der Waals surface area contributed by atoms with Gasteiger partial charge in [-0.25, -0.2) is 4.98 Å². The van der Waals surface area contributed by atoms with Crippen molar-refractivity contribution in [1.82, 2.24) is 9.88 Å². The van der Waals surface area contributed by atoms with Gasteiger partial charge < -0.3 is 4.74 Å². The van der Waals surface area contributed by atoms with E-state index in [0.29, 0.717) is 13.0 Å². The third-order valence-electron chi connectivity index (χ3n) is 5.48. The molecule has 3 aromatic rings. The second-order valence-electron chi connectivity index (χ2n) is 7.74. The van der Waals surface area contributed by atoms with Crippen molar-refractivity contribution in [1.29, 1.82) is 0 Å². The fourth-order valence-corrected chi connectivity index (χ4v) is 6.15. The molecule has 0 N–H and O–H groups in total. The van der Waals surface area contributed by atoms with Gasteiger partial charge in [0.2, 0.25) is 5.91 Å². The summed E-state index contributed by atoms with van der Waals surface area (Å²) >= 11 is 11.0. The lowest BCUT2D eigenvalue weighted by molar-refractivity contribution is -0.118. The summed E-state index contributed by atoms with van der Waals surface area (Å²) in [4.78, 5) is 24.7. The summed E-state index contributed by atoms with van der Waals surface area (Å²) in [6.45, 7) is 4.83. The molecule has 4 rings (SSSR count). The molecule has 5 nitrogen and oxygen atoms in total. The average Bonchev–Trinajstić information content (AvgIpc) is 3.26. The van der Waals surface area contributed by atoms with E-state index in [-0.39, 0.29) is 18.3 Å². The molecule has 0 bridgehead atoms. The fraction of sp³-hybridized carbons (Fsp3) is 0.417. The number of amides is 1. The van der Waals surface area contributed by atoms with E-state index in [0.717, 1.165) is 65.4 Å². The third kappa shape index (κ3) is 7.75. The minimum atomic E-state index is 0. The molecule has 1 aliphatic rings.